The Balaban J connectivity index is 2.63. The minimum atomic E-state index is 0.813. The molecule has 2 rings (SSSR count). The third-order valence-electron chi connectivity index (χ3n) is 3.46. The lowest BCUT2D eigenvalue weighted by Gasteiger charge is -2.14. The molecule has 0 saturated carbocycles. The molecule has 0 amide bonds. The first kappa shape index (κ1) is 16.0. The molecule has 0 unspecified atom stereocenters. The van der Waals surface area contributed by atoms with Gasteiger partial charge in [-0.15, -0.1) is 0 Å². The van der Waals surface area contributed by atoms with E-state index >= 15 is 0 Å². The second kappa shape index (κ2) is 7.03. The highest BCUT2D eigenvalue weighted by atomic mass is 79.9. The molecule has 2 aromatic rings. The largest absolute Gasteiger partial charge is 0.369 e. The zero-order chi connectivity index (χ0) is 15.4. The summed E-state index contributed by atoms with van der Waals surface area (Å²) in [4.78, 5) is 9.53. The van der Waals surface area contributed by atoms with Crippen molar-refractivity contribution in [3.8, 4) is 11.4 Å². The molecule has 3 nitrogen and oxygen atoms in total. The van der Waals surface area contributed by atoms with Gasteiger partial charge in [0.15, 0.2) is 5.82 Å². The number of hydrogen-bond acceptors (Lipinski definition) is 3. The maximum absolute atomic E-state index is 4.80. The lowest BCUT2D eigenvalue weighted by molar-refractivity contribution is 0.867. The van der Waals surface area contributed by atoms with E-state index in [1.54, 1.807) is 0 Å². The Bertz CT molecular complexity index is 591. The van der Waals surface area contributed by atoms with Crippen LogP contribution in [0.1, 0.15) is 37.1 Å². The van der Waals surface area contributed by atoms with Gasteiger partial charge in [-0.2, -0.15) is 0 Å². The lowest BCUT2D eigenvalue weighted by atomic mass is 10.0. The van der Waals surface area contributed by atoms with Gasteiger partial charge in [0, 0.05) is 12.1 Å². The molecule has 0 atom stereocenters. The van der Waals surface area contributed by atoms with E-state index < -0.39 is 0 Å². The van der Waals surface area contributed by atoms with Crippen molar-refractivity contribution in [2.45, 2.75) is 40.5 Å². The summed E-state index contributed by atoms with van der Waals surface area (Å²) in [6.07, 6.45) is 2.01. The normalized spacial score (nSPS) is 10.7. The molecule has 0 aliphatic rings. The van der Waals surface area contributed by atoms with Gasteiger partial charge in [-0.05, 0) is 54.2 Å². The van der Waals surface area contributed by atoms with Gasteiger partial charge < -0.3 is 5.32 Å². The predicted molar refractivity (Wildman–Crippen MR) is 92.8 cm³/mol. The molecule has 1 N–H and O–H groups in total. The highest BCUT2D eigenvalue weighted by Crippen LogP contribution is 2.30. The quantitative estimate of drug-likeness (QED) is 0.834. The summed E-state index contributed by atoms with van der Waals surface area (Å²) >= 11 is 3.64. The zero-order valence-corrected chi connectivity index (χ0v) is 14.7. The van der Waals surface area contributed by atoms with Crippen molar-refractivity contribution in [3.63, 3.8) is 0 Å². The van der Waals surface area contributed by atoms with Crippen molar-refractivity contribution in [2.75, 3.05) is 11.9 Å². The summed E-state index contributed by atoms with van der Waals surface area (Å²) in [5.41, 5.74) is 4.63. The van der Waals surface area contributed by atoms with Crippen molar-refractivity contribution in [1.82, 2.24) is 9.97 Å². The molecule has 0 aliphatic carbocycles. The zero-order valence-electron chi connectivity index (χ0n) is 13.1. The van der Waals surface area contributed by atoms with E-state index in [1.165, 1.54) is 11.1 Å². The Morgan fingerprint density at radius 3 is 2.33 bits per heavy atom. The number of benzene rings is 1. The molecule has 112 valence electrons. The van der Waals surface area contributed by atoms with Crippen LogP contribution in [-0.2, 0) is 6.42 Å². The van der Waals surface area contributed by atoms with Gasteiger partial charge in [0.1, 0.15) is 5.82 Å². The molecule has 0 bridgehead atoms. The first-order valence-corrected chi connectivity index (χ1v) is 8.24. The van der Waals surface area contributed by atoms with Crippen LogP contribution in [0, 0.1) is 13.8 Å². The predicted octanol–water partition coefficient (Wildman–Crippen LogP) is 4.91. The SMILES string of the molecule is CCCc1nc(-c2c(C)cccc2C)nc(NCC)c1Br. The molecular weight excluding hydrogens is 326 g/mol. The smallest absolute Gasteiger partial charge is 0.162 e. The topological polar surface area (TPSA) is 37.8 Å². The first-order valence-electron chi connectivity index (χ1n) is 7.45. The van der Waals surface area contributed by atoms with Crippen LogP contribution < -0.4 is 5.32 Å². The third kappa shape index (κ3) is 3.43. The minimum Gasteiger partial charge on any atom is -0.369 e. The standard InChI is InChI=1S/C17H22BrN3/c1-5-8-13-15(18)17(19-6-2)21-16(20-13)14-11(3)9-7-10-12(14)4/h7,9-10H,5-6,8H2,1-4H3,(H,19,20,21). The highest BCUT2D eigenvalue weighted by Gasteiger charge is 2.15. The van der Waals surface area contributed by atoms with Crippen LogP contribution >= 0.6 is 15.9 Å². The van der Waals surface area contributed by atoms with Gasteiger partial charge in [-0.3, -0.25) is 0 Å². The number of rotatable bonds is 5. The summed E-state index contributed by atoms with van der Waals surface area (Å²) < 4.78 is 0.987. The van der Waals surface area contributed by atoms with E-state index in [1.807, 2.05) is 0 Å². The highest BCUT2D eigenvalue weighted by molar-refractivity contribution is 9.10. The Kier molecular flexibility index (Phi) is 5.34. The van der Waals surface area contributed by atoms with Crippen LogP contribution in [0.5, 0.6) is 0 Å². The number of aryl methyl sites for hydroxylation is 3. The fraction of sp³-hybridized carbons (Fsp3) is 0.412. The van der Waals surface area contributed by atoms with Gasteiger partial charge in [0.05, 0.1) is 10.2 Å². The number of nitrogens with one attached hydrogen (secondary N) is 1. The molecule has 1 aromatic carbocycles. The summed E-state index contributed by atoms with van der Waals surface area (Å²) in [6.45, 7) is 9.31. The fourth-order valence-corrected chi connectivity index (χ4v) is 2.98. The molecule has 4 heteroatoms. The monoisotopic (exact) mass is 347 g/mol. The number of hydrogen-bond donors (Lipinski definition) is 1. The van der Waals surface area contributed by atoms with E-state index in [4.69, 9.17) is 9.97 Å². The summed E-state index contributed by atoms with van der Waals surface area (Å²) in [5.74, 6) is 1.70. The fourth-order valence-electron chi connectivity index (χ4n) is 2.46. The summed E-state index contributed by atoms with van der Waals surface area (Å²) in [5, 5.41) is 3.33. The number of anilines is 1. The van der Waals surface area contributed by atoms with Crippen molar-refractivity contribution < 1.29 is 0 Å². The average molecular weight is 348 g/mol. The van der Waals surface area contributed by atoms with E-state index in [0.717, 1.165) is 46.8 Å². The Labute approximate surface area is 135 Å². The lowest BCUT2D eigenvalue weighted by Crippen LogP contribution is -2.07. The third-order valence-corrected chi connectivity index (χ3v) is 4.29. The van der Waals surface area contributed by atoms with E-state index in [0.29, 0.717) is 0 Å². The first-order chi connectivity index (χ1) is 10.1. The van der Waals surface area contributed by atoms with Crippen LogP contribution in [0.4, 0.5) is 5.82 Å². The second-order valence-corrected chi connectivity index (χ2v) is 6.00. The Hall–Kier alpha value is -1.42. The molecule has 0 radical (unpaired) electrons. The second-order valence-electron chi connectivity index (χ2n) is 5.20. The Morgan fingerprint density at radius 1 is 1.10 bits per heavy atom. The minimum absolute atomic E-state index is 0.813. The van der Waals surface area contributed by atoms with Crippen molar-refractivity contribution in [2.24, 2.45) is 0 Å². The van der Waals surface area contributed by atoms with E-state index in [2.05, 4.69) is 67.1 Å². The molecule has 21 heavy (non-hydrogen) atoms. The number of halogens is 1. The van der Waals surface area contributed by atoms with Gasteiger partial charge in [0.25, 0.3) is 0 Å². The van der Waals surface area contributed by atoms with E-state index in [9.17, 15) is 0 Å². The number of aromatic nitrogens is 2. The van der Waals surface area contributed by atoms with Crippen molar-refractivity contribution in [3.05, 3.63) is 39.5 Å². The van der Waals surface area contributed by atoms with Gasteiger partial charge in [-0.1, -0.05) is 31.5 Å². The summed E-state index contributed by atoms with van der Waals surface area (Å²) in [7, 11) is 0. The maximum atomic E-state index is 4.80. The van der Waals surface area contributed by atoms with Crippen LogP contribution in [0.25, 0.3) is 11.4 Å². The molecule has 0 saturated heterocycles. The molecule has 0 aliphatic heterocycles. The molecule has 1 heterocycles. The molecule has 1 aromatic heterocycles. The van der Waals surface area contributed by atoms with Gasteiger partial charge in [0.2, 0.25) is 0 Å². The maximum Gasteiger partial charge on any atom is 0.162 e. The van der Waals surface area contributed by atoms with Gasteiger partial charge in [-0.25, -0.2) is 9.97 Å². The van der Waals surface area contributed by atoms with Crippen molar-refractivity contribution >= 4 is 21.7 Å². The summed E-state index contributed by atoms with van der Waals surface area (Å²) in [6, 6.07) is 6.30. The molecular formula is C17H22BrN3. The van der Waals surface area contributed by atoms with Crippen LogP contribution in [0.2, 0.25) is 0 Å². The van der Waals surface area contributed by atoms with Gasteiger partial charge >= 0.3 is 0 Å². The van der Waals surface area contributed by atoms with Crippen molar-refractivity contribution in [1.29, 1.82) is 0 Å². The van der Waals surface area contributed by atoms with Crippen LogP contribution in [-0.4, -0.2) is 16.5 Å². The average Bonchev–Trinajstić information content (AvgIpc) is 2.44. The van der Waals surface area contributed by atoms with Crippen LogP contribution in [0.3, 0.4) is 0 Å². The van der Waals surface area contributed by atoms with Crippen LogP contribution in [0.15, 0.2) is 22.7 Å². The Morgan fingerprint density at radius 2 is 1.76 bits per heavy atom. The molecule has 0 fully saturated rings. The van der Waals surface area contributed by atoms with E-state index in [-0.39, 0.29) is 0 Å². The number of nitrogens with zero attached hydrogens (tertiary/aromatic N) is 2. The molecule has 0 spiro atoms.